The van der Waals surface area contributed by atoms with Gasteiger partial charge < -0.3 is 25.0 Å². The third-order valence-electron chi connectivity index (χ3n) is 4.96. The molecule has 0 aliphatic carbocycles. The molecular weight excluding hydrogens is 446 g/mol. The van der Waals surface area contributed by atoms with Gasteiger partial charge in [-0.1, -0.05) is 30.3 Å². The molecule has 1 heterocycles. The number of benzene rings is 1. The zero-order valence-corrected chi connectivity index (χ0v) is 20.4. The van der Waals surface area contributed by atoms with Gasteiger partial charge in [-0.25, -0.2) is 9.59 Å². The van der Waals surface area contributed by atoms with Crippen LogP contribution >= 0.6 is 12.6 Å². The largest absolute Gasteiger partial charge is 0.459 e. The number of carbonyl (C=O) groups is 4. The van der Waals surface area contributed by atoms with E-state index in [1.807, 2.05) is 30.3 Å². The molecule has 182 valence electrons. The first kappa shape index (κ1) is 26.5. The predicted octanol–water partition coefficient (Wildman–Crippen LogP) is 2.05. The van der Waals surface area contributed by atoms with Crippen molar-refractivity contribution in [1.29, 1.82) is 0 Å². The number of rotatable bonds is 8. The van der Waals surface area contributed by atoms with Gasteiger partial charge in [-0.05, 0) is 46.1 Å². The van der Waals surface area contributed by atoms with Crippen molar-refractivity contribution in [3.8, 4) is 0 Å². The molecule has 3 atom stereocenters. The van der Waals surface area contributed by atoms with Gasteiger partial charge in [-0.2, -0.15) is 12.6 Å². The van der Waals surface area contributed by atoms with E-state index in [0.717, 1.165) is 5.56 Å². The Morgan fingerprint density at radius 3 is 2.42 bits per heavy atom. The van der Waals surface area contributed by atoms with Crippen LogP contribution in [-0.4, -0.2) is 64.8 Å². The fourth-order valence-electron chi connectivity index (χ4n) is 3.33. The number of ether oxygens (including phenoxy) is 2. The maximum Gasteiger partial charge on any atom is 0.408 e. The minimum absolute atomic E-state index is 0.0337. The smallest absolute Gasteiger partial charge is 0.408 e. The summed E-state index contributed by atoms with van der Waals surface area (Å²) in [7, 11) is 0. The molecule has 0 unspecified atom stereocenters. The van der Waals surface area contributed by atoms with Gasteiger partial charge >= 0.3 is 12.1 Å². The Labute approximate surface area is 200 Å². The number of likely N-dealkylation sites (tertiary alicyclic amines) is 1. The first-order valence-corrected chi connectivity index (χ1v) is 11.6. The van der Waals surface area contributed by atoms with Crippen LogP contribution in [-0.2, 0) is 30.5 Å². The van der Waals surface area contributed by atoms with Crippen molar-refractivity contribution in [1.82, 2.24) is 15.5 Å². The van der Waals surface area contributed by atoms with Crippen LogP contribution in [0.25, 0.3) is 0 Å². The fourth-order valence-corrected chi connectivity index (χ4v) is 3.58. The number of thiol groups is 1. The minimum Gasteiger partial charge on any atom is -0.459 e. The lowest BCUT2D eigenvalue weighted by molar-refractivity contribution is -0.155. The molecule has 33 heavy (non-hydrogen) atoms. The van der Waals surface area contributed by atoms with E-state index in [9.17, 15) is 19.2 Å². The van der Waals surface area contributed by atoms with Crippen molar-refractivity contribution in [2.45, 2.75) is 70.9 Å². The Bertz CT molecular complexity index is 842. The maximum atomic E-state index is 13.1. The number of esters is 1. The predicted molar refractivity (Wildman–Crippen MR) is 126 cm³/mol. The standard InChI is InChI=1S/C23H33N3O6S/c1-15(24-22(30)32-23(2,3)4)19(27)25-17(14-33)20(28)26-12-8-11-18(26)21(29)31-13-16-9-6-5-7-10-16/h5-7,9-10,15,17-18,33H,8,11-14H2,1-4H3,(H,24,30)(H,25,27)/t15-,17-,18-/m0/s1. The van der Waals surface area contributed by atoms with E-state index >= 15 is 0 Å². The zero-order chi connectivity index (χ0) is 24.6. The molecule has 9 nitrogen and oxygen atoms in total. The third kappa shape index (κ3) is 8.27. The summed E-state index contributed by atoms with van der Waals surface area (Å²) in [6.07, 6.45) is 0.406. The van der Waals surface area contributed by atoms with Crippen molar-refractivity contribution in [3.63, 3.8) is 0 Å². The number of carbonyl (C=O) groups excluding carboxylic acids is 4. The van der Waals surface area contributed by atoms with Crippen molar-refractivity contribution >= 4 is 36.5 Å². The highest BCUT2D eigenvalue weighted by atomic mass is 32.1. The molecule has 0 saturated carbocycles. The fraction of sp³-hybridized carbons (Fsp3) is 0.565. The molecule has 1 saturated heterocycles. The first-order valence-electron chi connectivity index (χ1n) is 10.9. The van der Waals surface area contributed by atoms with E-state index in [2.05, 4.69) is 23.3 Å². The number of hydrogen-bond donors (Lipinski definition) is 3. The third-order valence-corrected chi connectivity index (χ3v) is 5.32. The summed E-state index contributed by atoms with van der Waals surface area (Å²) in [5, 5.41) is 5.04. The number of hydrogen-bond acceptors (Lipinski definition) is 7. The van der Waals surface area contributed by atoms with Crippen molar-refractivity contribution < 1.29 is 28.7 Å². The maximum absolute atomic E-state index is 13.1. The van der Waals surface area contributed by atoms with Gasteiger partial charge in [-0.3, -0.25) is 9.59 Å². The van der Waals surface area contributed by atoms with E-state index in [4.69, 9.17) is 9.47 Å². The van der Waals surface area contributed by atoms with Crippen LogP contribution < -0.4 is 10.6 Å². The minimum atomic E-state index is -0.953. The van der Waals surface area contributed by atoms with Crippen LogP contribution in [0.3, 0.4) is 0 Å². The molecule has 1 aromatic rings. The molecule has 0 radical (unpaired) electrons. The van der Waals surface area contributed by atoms with Crippen LogP contribution in [0.1, 0.15) is 46.1 Å². The molecule has 0 aromatic heterocycles. The second-order valence-electron chi connectivity index (χ2n) is 8.89. The summed E-state index contributed by atoms with van der Waals surface area (Å²) >= 11 is 4.20. The highest BCUT2D eigenvalue weighted by molar-refractivity contribution is 7.80. The summed E-state index contributed by atoms with van der Waals surface area (Å²) in [6, 6.07) is 6.69. The molecule has 2 rings (SSSR count). The average molecular weight is 480 g/mol. The molecule has 1 aromatic carbocycles. The molecule has 2 N–H and O–H groups in total. The quantitative estimate of drug-likeness (QED) is 0.388. The lowest BCUT2D eigenvalue weighted by Gasteiger charge is -2.28. The number of alkyl carbamates (subject to hydrolysis) is 1. The van der Waals surface area contributed by atoms with Crippen LogP contribution in [0.5, 0.6) is 0 Å². The van der Waals surface area contributed by atoms with Crippen molar-refractivity contribution in [3.05, 3.63) is 35.9 Å². The van der Waals surface area contributed by atoms with E-state index in [-0.39, 0.29) is 12.4 Å². The molecule has 1 aliphatic rings. The average Bonchev–Trinajstić information content (AvgIpc) is 3.24. The summed E-state index contributed by atoms with van der Waals surface area (Å²) < 4.78 is 10.6. The molecule has 3 amide bonds. The van der Waals surface area contributed by atoms with Crippen LogP contribution in [0, 0.1) is 0 Å². The van der Waals surface area contributed by atoms with Crippen molar-refractivity contribution in [2.24, 2.45) is 0 Å². The lowest BCUT2D eigenvalue weighted by atomic mass is 10.2. The second-order valence-corrected chi connectivity index (χ2v) is 9.26. The second kappa shape index (κ2) is 11.9. The molecule has 10 heteroatoms. The Morgan fingerprint density at radius 1 is 1.15 bits per heavy atom. The Balaban J connectivity index is 1.93. The molecule has 1 aliphatic heterocycles. The van der Waals surface area contributed by atoms with E-state index in [1.54, 1.807) is 20.8 Å². The van der Waals surface area contributed by atoms with Crippen molar-refractivity contribution in [2.75, 3.05) is 12.3 Å². The summed E-state index contributed by atoms with van der Waals surface area (Å²) in [5.41, 5.74) is 0.151. The van der Waals surface area contributed by atoms with Gasteiger partial charge in [-0.15, -0.1) is 0 Å². The SMILES string of the molecule is C[C@H](NC(=O)OC(C)(C)C)C(=O)N[C@@H](CS)C(=O)N1CCC[C@H]1C(=O)OCc1ccccc1. The Morgan fingerprint density at radius 2 is 1.82 bits per heavy atom. The zero-order valence-electron chi connectivity index (χ0n) is 19.5. The van der Waals surface area contributed by atoms with Crippen LogP contribution in [0.15, 0.2) is 30.3 Å². The number of amides is 3. The van der Waals surface area contributed by atoms with Gasteiger partial charge in [0, 0.05) is 12.3 Å². The molecule has 0 bridgehead atoms. The Kier molecular flexibility index (Phi) is 9.57. The topological polar surface area (TPSA) is 114 Å². The highest BCUT2D eigenvalue weighted by Gasteiger charge is 2.38. The van der Waals surface area contributed by atoms with Gasteiger partial charge in [0.15, 0.2) is 0 Å². The molecule has 0 spiro atoms. The van der Waals surface area contributed by atoms with Crippen LogP contribution in [0.4, 0.5) is 4.79 Å². The van der Waals surface area contributed by atoms with Gasteiger partial charge in [0.2, 0.25) is 11.8 Å². The van der Waals surface area contributed by atoms with Gasteiger partial charge in [0.25, 0.3) is 0 Å². The highest BCUT2D eigenvalue weighted by Crippen LogP contribution is 2.20. The summed E-state index contributed by atoms with van der Waals surface area (Å²) in [5.74, 6) is -1.42. The van der Waals surface area contributed by atoms with E-state index in [1.165, 1.54) is 11.8 Å². The van der Waals surface area contributed by atoms with Crippen LogP contribution in [0.2, 0.25) is 0 Å². The number of nitrogens with zero attached hydrogens (tertiary/aromatic N) is 1. The van der Waals surface area contributed by atoms with Gasteiger partial charge in [0.1, 0.15) is 30.3 Å². The summed E-state index contributed by atoms with van der Waals surface area (Å²) in [6.45, 7) is 7.13. The van der Waals surface area contributed by atoms with Gasteiger partial charge in [0.05, 0.1) is 0 Å². The van der Waals surface area contributed by atoms with E-state index in [0.29, 0.717) is 19.4 Å². The summed E-state index contributed by atoms with van der Waals surface area (Å²) in [4.78, 5) is 51.6. The number of nitrogens with one attached hydrogen (secondary N) is 2. The van der Waals surface area contributed by atoms with E-state index < -0.39 is 47.6 Å². The normalized spacial score (nSPS) is 17.6. The monoisotopic (exact) mass is 479 g/mol. The Hall–Kier alpha value is -2.75. The molecule has 1 fully saturated rings. The lowest BCUT2D eigenvalue weighted by Crippen LogP contribution is -2.56. The molecular formula is C23H33N3O6S. The first-order chi connectivity index (χ1) is 15.5.